The van der Waals surface area contributed by atoms with Crippen LogP contribution in [-0.4, -0.2) is 29.7 Å². The van der Waals surface area contributed by atoms with Gasteiger partial charge in [0, 0.05) is 13.1 Å². The SMILES string of the molecule is CC(=O)CC(=O)N1CCCC(C)(C)CC1. The summed E-state index contributed by atoms with van der Waals surface area (Å²) in [5, 5.41) is 0. The molecule has 0 saturated carbocycles. The van der Waals surface area contributed by atoms with E-state index < -0.39 is 0 Å². The number of ketones is 1. The molecule has 86 valence electrons. The van der Waals surface area contributed by atoms with E-state index in [0.29, 0.717) is 5.41 Å². The van der Waals surface area contributed by atoms with Crippen LogP contribution in [0.15, 0.2) is 0 Å². The molecular weight excluding hydrogens is 190 g/mol. The Labute approximate surface area is 91.8 Å². The van der Waals surface area contributed by atoms with Crippen molar-refractivity contribution in [3.63, 3.8) is 0 Å². The molecule has 0 atom stereocenters. The predicted octanol–water partition coefficient (Wildman–Crippen LogP) is 2.00. The second-order valence-electron chi connectivity index (χ2n) is 5.28. The van der Waals surface area contributed by atoms with Crippen LogP contribution in [-0.2, 0) is 9.59 Å². The Morgan fingerprint density at radius 3 is 2.47 bits per heavy atom. The van der Waals surface area contributed by atoms with Crippen LogP contribution < -0.4 is 0 Å². The summed E-state index contributed by atoms with van der Waals surface area (Å²) in [5.74, 6) is -0.0382. The first kappa shape index (κ1) is 12.2. The highest BCUT2D eigenvalue weighted by Crippen LogP contribution is 2.29. The van der Waals surface area contributed by atoms with Crippen molar-refractivity contribution in [1.82, 2.24) is 4.90 Å². The Morgan fingerprint density at radius 2 is 1.87 bits per heavy atom. The van der Waals surface area contributed by atoms with Crippen molar-refractivity contribution in [2.75, 3.05) is 13.1 Å². The second-order valence-corrected chi connectivity index (χ2v) is 5.28. The maximum absolute atomic E-state index is 11.7. The Hall–Kier alpha value is -0.860. The molecule has 1 fully saturated rings. The van der Waals surface area contributed by atoms with Gasteiger partial charge in [-0.05, 0) is 31.6 Å². The Kier molecular flexibility index (Phi) is 3.89. The molecule has 0 radical (unpaired) electrons. The lowest BCUT2D eigenvalue weighted by Gasteiger charge is -2.23. The van der Waals surface area contributed by atoms with Crippen LogP contribution in [0.3, 0.4) is 0 Å². The van der Waals surface area contributed by atoms with Crippen LogP contribution in [0.4, 0.5) is 0 Å². The summed E-state index contributed by atoms with van der Waals surface area (Å²) in [6.45, 7) is 7.58. The molecule has 0 N–H and O–H groups in total. The molecule has 1 amide bonds. The van der Waals surface area contributed by atoms with Crippen LogP contribution in [0.2, 0.25) is 0 Å². The summed E-state index contributed by atoms with van der Waals surface area (Å²) < 4.78 is 0. The monoisotopic (exact) mass is 211 g/mol. The summed E-state index contributed by atoms with van der Waals surface area (Å²) in [4.78, 5) is 24.4. The molecule has 0 aliphatic carbocycles. The van der Waals surface area contributed by atoms with E-state index in [1.807, 2.05) is 4.90 Å². The fourth-order valence-corrected chi connectivity index (χ4v) is 2.00. The largest absolute Gasteiger partial charge is 0.342 e. The number of rotatable bonds is 2. The van der Waals surface area contributed by atoms with E-state index in [0.717, 1.165) is 32.4 Å². The molecule has 0 spiro atoms. The van der Waals surface area contributed by atoms with E-state index >= 15 is 0 Å². The van der Waals surface area contributed by atoms with Crippen molar-refractivity contribution in [2.24, 2.45) is 5.41 Å². The van der Waals surface area contributed by atoms with E-state index in [-0.39, 0.29) is 18.1 Å². The molecule has 0 unspecified atom stereocenters. The molecule has 3 nitrogen and oxygen atoms in total. The number of hydrogen-bond donors (Lipinski definition) is 0. The Morgan fingerprint density at radius 1 is 1.20 bits per heavy atom. The molecule has 0 aromatic carbocycles. The fraction of sp³-hybridized carbons (Fsp3) is 0.833. The summed E-state index contributed by atoms with van der Waals surface area (Å²) in [5.41, 5.74) is 0.339. The zero-order chi connectivity index (χ0) is 11.5. The zero-order valence-corrected chi connectivity index (χ0v) is 10.0. The summed E-state index contributed by atoms with van der Waals surface area (Å²) in [6.07, 6.45) is 3.32. The van der Waals surface area contributed by atoms with Crippen LogP contribution in [0.5, 0.6) is 0 Å². The maximum atomic E-state index is 11.7. The van der Waals surface area contributed by atoms with Gasteiger partial charge in [-0.1, -0.05) is 13.8 Å². The quantitative estimate of drug-likeness (QED) is 0.655. The molecule has 1 aliphatic heterocycles. The second kappa shape index (κ2) is 4.77. The van der Waals surface area contributed by atoms with Gasteiger partial charge in [-0.15, -0.1) is 0 Å². The maximum Gasteiger partial charge on any atom is 0.230 e. The first-order valence-corrected chi connectivity index (χ1v) is 5.68. The summed E-state index contributed by atoms with van der Waals surface area (Å²) >= 11 is 0. The standard InChI is InChI=1S/C12H21NO2/c1-10(14)9-11(15)13-7-4-5-12(2,3)6-8-13/h4-9H2,1-3H3. The van der Waals surface area contributed by atoms with Gasteiger partial charge in [0.1, 0.15) is 5.78 Å². The number of nitrogens with zero attached hydrogens (tertiary/aromatic N) is 1. The Balaban J connectivity index is 2.50. The number of amides is 1. The molecule has 1 saturated heterocycles. The predicted molar refractivity (Wildman–Crippen MR) is 59.5 cm³/mol. The first-order valence-electron chi connectivity index (χ1n) is 5.68. The molecule has 15 heavy (non-hydrogen) atoms. The number of carbonyl (C=O) groups is 2. The minimum atomic E-state index is -0.0384. The molecule has 0 bridgehead atoms. The molecular formula is C12H21NO2. The van der Waals surface area contributed by atoms with Crippen molar-refractivity contribution in [3.8, 4) is 0 Å². The average Bonchev–Trinajstić information content (AvgIpc) is 2.25. The average molecular weight is 211 g/mol. The van der Waals surface area contributed by atoms with Gasteiger partial charge in [-0.3, -0.25) is 9.59 Å². The zero-order valence-electron chi connectivity index (χ0n) is 10.0. The van der Waals surface area contributed by atoms with Crippen molar-refractivity contribution in [3.05, 3.63) is 0 Å². The smallest absolute Gasteiger partial charge is 0.230 e. The van der Waals surface area contributed by atoms with E-state index in [1.54, 1.807) is 0 Å². The van der Waals surface area contributed by atoms with Crippen LogP contribution in [0.1, 0.15) is 46.5 Å². The number of Topliss-reactive ketones (excluding diaryl/α,β-unsaturated/α-hetero) is 1. The normalized spacial score (nSPS) is 20.9. The van der Waals surface area contributed by atoms with Crippen molar-refractivity contribution in [1.29, 1.82) is 0 Å². The highest BCUT2D eigenvalue weighted by atomic mass is 16.2. The molecule has 0 aromatic heterocycles. The van der Waals surface area contributed by atoms with Crippen molar-refractivity contribution >= 4 is 11.7 Å². The van der Waals surface area contributed by atoms with Gasteiger partial charge in [-0.25, -0.2) is 0 Å². The fourth-order valence-electron chi connectivity index (χ4n) is 2.00. The number of hydrogen-bond acceptors (Lipinski definition) is 2. The highest BCUT2D eigenvalue weighted by molar-refractivity contribution is 5.96. The minimum absolute atomic E-state index is 0.000185. The topological polar surface area (TPSA) is 37.4 Å². The lowest BCUT2D eigenvalue weighted by Crippen LogP contribution is -2.33. The summed E-state index contributed by atoms with van der Waals surface area (Å²) in [7, 11) is 0. The van der Waals surface area contributed by atoms with E-state index in [4.69, 9.17) is 0 Å². The number of carbonyl (C=O) groups excluding carboxylic acids is 2. The summed E-state index contributed by atoms with van der Waals surface area (Å²) in [6, 6.07) is 0. The van der Waals surface area contributed by atoms with Gasteiger partial charge < -0.3 is 4.90 Å². The van der Waals surface area contributed by atoms with Gasteiger partial charge in [0.05, 0.1) is 6.42 Å². The first-order chi connectivity index (χ1) is 6.91. The number of likely N-dealkylation sites (tertiary alicyclic amines) is 1. The van der Waals surface area contributed by atoms with Crippen LogP contribution in [0, 0.1) is 5.41 Å². The highest BCUT2D eigenvalue weighted by Gasteiger charge is 2.25. The third kappa shape index (κ3) is 4.02. The van der Waals surface area contributed by atoms with Crippen LogP contribution >= 0.6 is 0 Å². The Bertz CT molecular complexity index is 258. The molecule has 3 heteroatoms. The van der Waals surface area contributed by atoms with Gasteiger partial charge in [-0.2, -0.15) is 0 Å². The van der Waals surface area contributed by atoms with Gasteiger partial charge >= 0.3 is 0 Å². The van der Waals surface area contributed by atoms with Gasteiger partial charge in [0.2, 0.25) is 5.91 Å². The third-order valence-corrected chi connectivity index (χ3v) is 3.09. The lowest BCUT2D eigenvalue weighted by atomic mass is 9.85. The van der Waals surface area contributed by atoms with Gasteiger partial charge in [0.25, 0.3) is 0 Å². The minimum Gasteiger partial charge on any atom is -0.342 e. The molecule has 1 heterocycles. The van der Waals surface area contributed by atoms with E-state index in [2.05, 4.69) is 13.8 Å². The van der Waals surface area contributed by atoms with Crippen molar-refractivity contribution < 1.29 is 9.59 Å². The third-order valence-electron chi connectivity index (χ3n) is 3.09. The molecule has 0 aromatic rings. The van der Waals surface area contributed by atoms with E-state index in [9.17, 15) is 9.59 Å². The van der Waals surface area contributed by atoms with E-state index in [1.165, 1.54) is 6.92 Å². The lowest BCUT2D eigenvalue weighted by molar-refractivity contribution is -0.134. The molecule has 1 aliphatic rings. The molecule has 1 rings (SSSR count). The van der Waals surface area contributed by atoms with Gasteiger partial charge in [0.15, 0.2) is 0 Å². The van der Waals surface area contributed by atoms with Crippen LogP contribution in [0.25, 0.3) is 0 Å². The van der Waals surface area contributed by atoms with Crippen molar-refractivity contribution in [2.45, 2.75) is 46.5 Å².